The lowest BCUT2D eigenvalue weighted by Crippen LogP contribution is -2.33. The number of hydrogen-bond acceptors (Lipinski definition) is 3. The molecule has 0 aliphatic heterocycles. The summed E-state index contributed by atoms with van der Waals surface area (Å²) in [6, 6.07) is 0.124. The molecule has 92 valence electrons. The molecule has 0 spiro atoms. The van der Waals surface area contributed by atoms with Gasteiger partial charge in [0.25, 0.3) is 0 Å². The van der Waals surface area contributed by atoms with E-state index >= 15 is 0 Å². The van der Waals surface area contributed by atoms with Gasteiger partial charge in [-0.3, -0.25) is 0 Å². The summed E-state index contributed by atoms with van der Waals surface area (Å²) >= 11 is 0. The summed E-state index contributed by atoms with van der Waals surface area (Å²) in [4.78, 5) is 0. The SMILES string of the molecule is CCOCC(C)NCCOCC(F)(F)F. The molecule has 1 N–H and O–H groups in total. The number of hydrogen-bond donors (Lipinski definition) is 1. The zero-order chi connectivity index (χ0) is 11.7. The predicted molar refractivity (Wildman–Crippen MR) is 50.8 cm³/mol. The van der Waals surface area contributed by atoms with E-state index in [2.05, 4.69) is 10.1 Å². The first kappa shape index (κ1) is 14.7. The Bertz CT molecular complexity index is 153. The van der Waals surface area contributed by atoms with E-state index < -0.39 is 12.8 Å². The van der Waals surface area contributed by atoms with Gasteiger partial charge in [0.05, 0.1) is 13.2 Å². The van der Waals surface area contributed by atoms with Gasteiger partial charge in [0.15, 0.2) is 0 Å². The molecule has 0 aromatic carbocycles. The average Bonchev–Trinajstić information content (AvgIpc) is 2.12. The molecule has 0 fully saturated rings. The van der Waals surface area contributed by atoms with E-state index in [1.807, 2.05) is 13.8 Å². The molecule has 0 amide bonds. The number of ether oxygens (including phenoxy) is 2. The van der Waals surface area contributed by atoms with Gasteiger partial charge in [0, 0.05) is 19.2 Å². The van der Waals surface area contributed by atoms with Crippen molar-refractivity contribution in [2.75, 3.05) is 33.0 Å². The summed E-state index contributed by atoms with van der Waals surface area (Å²) in [5.41, 5.74) is 0. The molecule has 0 aliphatic carbocycles. The number of alkyl halides is 3. The lowest BCUT2D eigenvalue weighted by Gasteiger charge is -2.13. The summed E-state index contributed by atoms with van der Waals surface area (Å²) in [5.74, 6) is 0. The van der Waals surface area contributed by atoms with E-state index in [9.17, 15) is 13.2 Å². The molecule has 0 rings (SSSR count). The third kappa shape index (κ3) is 11.6. The van der Waals surface area contributed by atoms with Crippen LogP contribution in [0, 0.1) is 0 Å². The molecule has 0 aromatic rings. The maximum Gasteiger partial charge on any atom is 0.411 e. The Labute approximate surface area is 87.9 Å². The zero-order valence-electron chi connectivity index (χ0n) is 9.06. The van der Waals surface area contributed by atoms with Crippen LogP contribution in [0.5, 0.6) is 0 Å². The minimum atomic E-state index is -4.24. The van der Waals surface area contributed by atoms with Crippen molar-refractivity contribution in [2.24, 2.45) is 0 Å². The zero-order valence-corrected chi connectivity index (χ0v) is 9.06. The third-order valence-electron chi connectivity index (χ3n) is 1.58. The second-order valence-corrected chi connectivity index (χ2v) is 3.18. The quantitative estimate of drug-likeness (QED) is 0.641. The van der Waals surface area contributed by atoms with Gasteiger partial charge in [-0.25, -0.2) is 0 Å². The Morgan fingerprint density at radius 3 is 2.47 bits per heavy atom. The van der Waals surface area contributed by atoms with Gasteiger partial charge in [-0.15, -0.1) is 0 Å². The van der Waals surface area contributed by atoms with Crippen molar-refractivity contribution < 1.29 is 22.6 Å². The minimum absolute atomic E-state index is 0.0516. The Kier molecular flexibility index (Phi) is 7.72. The van der Waals surface area contributed by atoms with E-state index in [-0.39, 0.29) is 12.6 Å². The standard InChI is InChI=1S/C9H18F3NO2/c1-3-14-6-8(2)13-4-5-15-7-9(10,11)12/h8,13H,3-7H2,1-2H3. The van der Waals surface area contributed by atoms with Crippen LogP contribution >= 0.6 is 0 Å². The first-order valence-corrected chi connectivity index (χ1v) is 4.91. The molecule has 0 radical (unpaired) electrons. The highest BCUT2D eigenvalue weighted by molar-refractivity contribution is 4.58. The van der Waals surface area contributed by atoms with Gasteiger partial charge in [-0.05, 0) is 13.8 Å². The molecule has 0 saturated carbocycles. The third-order valence-corrected chi connectivity index (χ3v) is 1.58. The monoisotopic (exact) mass is 229 g/mol. The van der Waals surface area contributed by atoms with Crippen molar-refractivity contribution in [3.63, 3.8) is 0 Å². The minimum Gasteiger partial charge on any atom is -0.380 e. The van der Waals surface area contributed by atoms with Crippen LogP contribution in [-0.4, -0.2) is 45.2 Å². The van der Waals surface area contributed by atoms with E-state index in [1.54, 1.807) is 0 Å². The molecule has 3 nitrogen and oxygen atoms in total. The maximum atomic E-state index is 11.6. The predicted octanol–water partition coefficient (Wildman–Crippen LogP) is 1.58. The molecule has 0 aromatic heterocycles. The van der Waals surface area contributed by atoms with Gasteiger partial charge in [-0.2, -0.15) is 13.2 Å². The fourth-order valence-corrected chi connectivity index (χ4v) is 0.919. The van der Waals surface area contributed by atoms with Crippen molar-refractivity contribution in [3.8, 4) is 0 Å². The van der Waals surface area contributed by atoms with Gasteiger partial charge in [0.2, 0.25) is 0 Å². The average molecular weight is 229 g/mol. The fourth-order valence-electron chi connectivity index (χ4n) is 0.919. The maximum absolute atomic E-state index is 11.6. The topological polar surface area (TPSA) is 30.5 Å². The Hall–Kier alpha value is -0.330. The smallest absolute Gasteiger partial charge is 0.380 e. The van der Waals surface area contributed by atoms with Gasteiger partial charge < -0.3 is 14.8 Å². The Balaban J connectivity index is 3.23. The van der Waals surface area contributed by atoms with Crippen LogP contribution in [0.1, 0.15) is 13.8 Å². The second kappa shape index (κ2) is 7.90. The molecule has 0 aliphatic rings. The van der Waals surface area contributed by atoms with Crippen LogP contribution in [0.25, 0.3) is 0 Å². The second-order valence-electron chi connectivity index (χ2n) is 3.18. The lowest BCUT2D eigenvalue weighted by molar-refractivity contribution is -0.173. The number of halogens is 3. The first-order valence-electron chi connectivity index (χ1n) is 4.91. The van der Waals surface area contributed by atoms with Crippen molar-refractivity contribution in [1.82, 2.24) is 5.32 Å². The highest BCUT2D eigenvalue weighted by Crippen LogP contribution is 2.13. The van der Waals surface area contributed by atoms with Crippen LogP contribution in [0.3, 0.4) is 0 Å². The van der Waals surface area contributed by atoms with Crippen molar-refractivity contribution in [3.05, 3.63) is 0 Å². The molecule has 0 bridgehead atoms. The van der Waals surface area contributed by atoms with Crippen LogP contribution in [0.2, 0.25) is 0 Å². The number of rotatable bonds is 8. The van der Waals surface area contributed by atoms with E-state index in [1.165, 1.54) is 0 Å². The molecular formula is C9H18F3NO2. The van der Waals surface area contributed by atoms with E-state index in [4.69, 9.17) is 4.74 Å². The van der Waals surface area contributed by atoms with Gasteiger partial charge in [-0.1, -0.05) is 0 Å². The highest BCUT2D eigenvalue weighted by Gasteiger charge is 2.27. The van der Waals surface area contributed by atoms with Crippen LogP contribution in [0.4, 0.5) is 13.2 Å². The van der Waals surface area contributed by atoms with E-state index in [0.29, 0.717) is 19.8 Å². The Morgan fingerprint density at radius 2 is 1.93 bits per heavy atom. The van der Waals surface area contributed by atoms with Crippen LogP contribution < -0.4 is 5.32 Å². The highest BCUT2D eigenvalue weighted by atomic mass is 19.4. The van der Waals surface area contributed by atoms with Crippen LogP contribution in [-0.2, 0) is 9.47 Å². The molecule has 15 heavy (non-hydrogen) atoms. The van der Waals surface area contributed by atoms with Gasteiger partial charge >= 0.3 is 6.18 Å². The van der Waals surface area contributed by atoms with Crippen LogP contribution in [0.15, 0.2) is 0 Å². The Morgan fingerprint density at radius 1 is 1.27 bits per heavy atom. The molecule has 0 saturated heterocycles. The first-order chi connectivity index (χ1) is 6.95. The summed E-state index contributed by atoms with van der Waals surface area (Å²) in [5, 5.41) is 2.99. The molecule has 1 unspecified atom stereocenters. The number of nitrogens with one attached hydrogen (secondary N) is 1. The lowest BCUT2D eigenvalue weighted by atomic mass is 10.3. The summed E-state index contributed by atoms with van der Waals surface area (Å²) in [7, 11) is 0. The normalized spacial score (nSPS) is 14.2. The van der Waals surface area contributed by atoms with Crippen molar-refractivity contribution in [1.29, 1.82) is 0 Å². The van der Waals surface area contributed by atoms with Gasteiger partial charge in [0.1, 0.15) is 6.61 Å². The van der Waals surface area contributed by atoms with E-state index in [0.717, 1.165) is 0 Å². The molecule has 0 heterocycles. The summed E-state index contributed by atoms with van der Waals surface area (Å²) in [6.07, 6.45) is -4.24. The largest absolute Gasteiger partial charge is 0.411 e. The summed E-state index contributed by atoms with van der Waals surface area (Å²) in [6.45, 7) is 4.24. The molecule has 1 atom stereocenters. The van der Waals surface area contributed by atoms with Crippen molar-refractivity contribution >= 4 is 0 Å². The fraction of sp³-hybridized carbons (Fsp3) is 1.00. The molecular weight excluding hydrogens is 211 g/mol. The van der Waals surface area contributed by atoms with Crippen molar-refractivity contribution in [2.45, 2.75) is 26.1 Å². The molecule has 6 heteroatoms. The summed E-state index contributed by atoms with van der Waals surface area (Å²) < 4.78 is 44.5.